The standard InChI is InChI=1S/C53H67N9O12S2/c1-34-29-62(50(67)56-48(34)65)47-27-42(58-59-54)46(74-47)33-72-51(68)70-19-21-75-76-22-20-71-52(69)73-39(31-61-18-17-60(30-36-13-10-16-55-28-36)32-43(61)49(66)57-53(2,3)4)24-38(23-35-11-6-5-7-12-35)44(63)26-41-40-15-9-8-14-37(40)25-45(41)64/h5-16,28-29,38-39,41-43,45-47,64H,17-27,30-33H2,1-4H3,(H,57,66)(H,56,65,67)/t38-,39+,41+,42+,43+,45-,46-,47-/m1/s1. The molecule has 2 fully saturated rings. The number of ketones is 1. The highest BCUT2D eigenvalue weighted by Gasteiger charge is 2.40. The zero-order chi connectivity index (χ0) is 54.2. The van der Waals surface area contributed by atoms with Gasteiger partial charge in [-0.1, -0.05) is 87.4 Å². The molecule has 0 unspecified atom stereocenters. The van der Waals surface area contributed by atoms with Crippen LogP contribution in [0.2, 0.25) is 0 Å². The number of aliphatic hydroxyl groups excluding tert-OH is 1. The fourth-order valence-electron chi connectivity index (χ4n) is 9.76. The van der Waals surface area contributed by atoms with Crippen molar-refractivity contribution in [2.75, 3.05) is 57.5 Å². The van der Waals surface area contributed by atoms with Crippen molar-refractivity contribution in [3.63, 3.8) is 0 Å². The molecule has 76 heavy (non-hydrogen) atoms. The molecule has 23 heteroatoms. The summed E-state index contributed by atoms with van der Waals surface area (Å²) in [4.78, 5) is 92.7. The van der Waals surface area contributed by atoms with Gasteiger partial charge in [0.05, 0.1) is 12.1 Å². The van der Waals surface area contributed by atoms with Crippen LogP contribution >= 0.6 is 21.6 Å². The number of aryl methyl sites for hydroxylation is 1. The van der Waals surface area contributed by atoms with E-state index in [9.17, 15) is 33.9 Å². The Morgan fingerprint density at radius 2 is 1.70 bits per heavy atom. The lowest BCUT2D eigenvalue weighted by atomic mass is 9.83. The highest BCUT2D eigenvalue weighted by atomic mass is 33.1. The van der Waals surface area contributed by atoms with Crippen molar-refractivity contribution < 1.29 is 48.0 Å². The number of azide groups is 1. The van der Waals surface area contributed by atoms with Gasteiger partial charge in [-0.2, -0.15) is 0 Å². The summed E-state index contributed by atoms with van der Waals surface area (Å²) < 4.78 is 29.3. The number of carbonyl (C=O) groups excluding carboxylic acids is 4. The average Bonchev–Trinajstić information content (AvgIpc) is 3.94. The number of fused-ring (bicyclic) bond motifs is 1. The summed E-state index contributed by atoms with van der Waals surface area (Å²) in [7, 11) is 2.75. The number of H-pyrrole nitrogens is 1. The summed E-state index contributed by atoms with van der Waals surface area (Å²) in [6.07, 6.45) is 0.880. The molecule has 2 saturated heterocycles. The molecule has 1 aliphatic carbocycles. The van der Waals surface area contributed by atoms with Crippen molar-refractivity contribution in [1.29, 1.82) is 0 Å². The van der Waals surface area contributed by atoms with Gasteiger partial charge in [0.25, 0.3) is 5.56 Å². The Hall–Kier alpha value is -6.20. The van der Waals surface area contributed by atoms with E-state index < -0.39 is 71.6 Å². The number of nitrogens with one attached hydrogen (secondary N) is 2. The van der Waals surface area contributed by atoms with E-state index in [2.05, 4.69) is 30.2 Å². The average molecular weight is 1090 g/mol. The summed E-state index contributed by atoms with van der Waals surface area (Å²) in [5.41, 5.74) is 11.6. The lowest BCUT2D eigenvalue weighted by molar-refractivity contribution is -0.132. The molecule has 3 N–H and O–H groups in total. The number of aromatic amines is 1. The van der Waals surface area contributed by atoms with E-state index in [-0.39, 0.29) is 68.8 Å². The molecule has 4 aromatic rings. The van der Waals surface area contributed by atoms with Gasteiger partial charge in [-0.15, -0.1) is 0 Å². The van der Waals surface area contributed by atoms with Gasteiger partial charge >= 0.3 is 18.0 Å². The van der Waals surface area contributed by atoms with Crippen molar-refractivity contribution in [3.8, 4) is 0 Å². The van der Waals surface area contributed by atoms with E-state index in [1.54, 1.807) is 6.20 Å². The van der Waals surface area contributed by atoms with Gasteiger partial charge in [-0.05, 0) is 80.8 Å². The fraction of sp³-hybridized carbons (Fsp3) is 0.528. The molecule has 8 atom stereocenters. The number of ether oxygens (including phenoxy) is 5. The van der Waals surface area contributed by atoms with Crippen molar-refractivity contribution in [3.05, 3.63) is 144 Å². The highest BCUT2D eigenvalue weighted by Crippen LogP contribution is 2.37. The molecule has 7 rings (SSSR count). The van der Waals surface area contributed by atoms with Crippen LogP contribution in [0.5, 0.6) is 0 Å². The lowest BCUT2D eigenvalue weighted by Crippen LogP contribution is -2.62. The van der Waals surface area contributed by atoms with E-state index >= 15 is 0 Å². The van der Waals surface area contributed by atoms with Crippen LogP contribution in [0.4, 0.5) is 9.59 Å². The van der Waals surface area contributed by atoms with Crippen molar-refractivity contribution in [2.45, 2.75) is 114 Å². The van der Waals surface area contributed by atoms with Gasteiger partial charge in [-0.25, -0.2) is 14.4 Å². The number of aromatic nitrogens is 3. The Balaban J connectivity index is 0.946. The number of pyridine rings is 1. The van der Waals surface area contributed by atoms with Crippen LogP contribution in [-0.4, -0.2) is 147 Å². The Bertz CT molecular complexity index is 2760. The summed E-state index contributed by atoms with van der Waals surface area (Å²) >= 11 is 0. The maximum atomic E-state index is 14.6. The number of amides is 1. The minimum atomic E-state index is -0.975. The smallest absolute Gasteiger partial charge is 0.433 e. The number of hydrogen-bond acceptors (Lipinski definition) is 18. The zero-order valence-electron chi connectivity index (χ0n) is 43.2. The van der Waals surface area contributed by atoms with Crippen molar-refractivity contribution in [2.24, 2.45) is 11.0 Å². The van der Waals surface area contributed by atoms with Crippen LogP contribution < -0.4 is 16.6 Å². The lowest BCUT2D eigenvalue weighted by Gasteiger charge is -2.42. The normalized spacial score (nSPS) is 21.4. The van der Waals surface area contributed by atoms with Crippen LogP contribution in [0.25, 0.3) is 10.4 Å². The molecule has 2 aromatic heterocycles. The Morgan fingerprint density at radius 3 is 2.42 bits per heavy atom. The third-order valence-electron chi connectivity index (χ3n) is 13.4. The molecule has 0 spiro atoms. The summed E-state index contributed by atoms with van der Waals surface area (Å²) in [5.74, 6) is -0.482. The maximum Gasteiger partial charge on any atom is 0.508 e. The third-order valence-corrected chi connectivity index (χ3v) is 15.7. The second-order valence-corrected chi connectivity index (χ2v) is 22.9. The van der Waals surface area contributed by atoms with E-state index in [1.807, 2.05) is 98.6 Å². The van der Waals surface area contributed by atoms with Crippen LogP contribution in [-0.2, 0) is 52.7 Å². The first-order valence-electron chi connectivity index (χ1n) is 25.4. The number of benzene rings is 2. The molecule has 0 bridgehead atoms. The van der Waals surface area contributed by atoms with Gasteiger partial charge in [0.15, 0.2) is 0 Å². The predicted molar refractivity (Wildman–Crippen MR) is 285 cm³/mol. The number of Topliss-reactive ketones (excluding diaryl/α,β-unsaturated/α-hetero) is 1. The molecule has 408 valence electrons. The monoisotopic (exact) mass is 1090 g/mol. The van der Waals surface area contributed by atoms with E-state index in [0.717, 1.165) is 22.3 Å². The second-order valence-electron chi connectivity index (χ2n) is 20.2. The number of carbonyl (C=O) groups is 4. The van der Waals surface area contributed by atoms with Gasteiger partial charge in [-0.3, -0.25) is 38.7 Å². The SMILES string of the molecule is Cc1cn([C@H]2C[C@H](N=[N+]=[N-])[C@@H](COC(=O)OCCSSCCOC(=O)O[C@@H](C[C@@H](Cc3ccccc3)C(=O)C[C@H]3c4ccccc4C[C@H]3O)CN3CCN(Cc4cccnc4)C[C@H]3C(=O)NC(C)(C)C)O2)c(=O)[nH]c1=O. The van der Waals surface area contributed by atoms with Crippen molar-refractivity contribution >= 4 is 45.6 Å². The maximum absolute atomic E-state index is 14.6. The van der Waals surface area contributed by atoms with Gasteiger partial charge < -0.3 is 34.1 Å². The summed E-state index contributed by atoms with van der Waals surface area (Å²) in [5, 5.41) is 18.1. The molecular weight excluding hydrogens is 1020 g/mol. The Morgan fingerprint density at radius 1 is 0.974 bits per heavy atom. The van der Waals surface area contributed by atoms with Crippen LogP contribution in [0, 0.1) is 12.8 Å². The summed E-state index contributed by atoms with van der Waals surface area (Å²) in [6.45, 7) is 9.23. The molecule has 2 aliphatic heterocycles. The first-order chi connectivity index (χ1) is 36.5. The van der Waals surface area contributed by atoms with E-state index in [1.165, 1.54) is 39.3 Å². The van der Waals surface area contributed by atoms with E-state index in [4.69, 9.17) is 29.2 Å². The van der Waals surface area contributed by atoms with Crippen LogP contribution in [0.1, 0.15) is 80.0 Å². The zero-order valence-corrected chi connectivity index (χ0v) is 44.8. The molecule has 2 aromatic carbocycles. The predicted octanol–water partition coefficient (Wildman–Crippen LogP) is 6.27. The Labute approximate surface area is 448 Å². The van der Waals surface area contributed by atoms with Crippen LogP contribution in [0.15, 0.2) is 100 Å². The quantitative estimate of drug-likeness (QED) is 0.0174. The van der Waals surface area contributed by atoms with Gasteiger partial charge in [0, 0.05) is 104 Å². The molecular formula is C53H67N9O12S2. The van der Waals surface area contributed by atoms with E-state index in [0.29, 0.717) is 50.5 Å². The number of nitrogens with zero attached hydrogens (tertiary/aromatic N) is 7. The second kappa shape index (κ2) is 27.7. The molecule has 3 aliphatic rings. The largest absolute Gasteiger partial charge is 0.508 e. The molecule has 0 saturated carbocycles. The highest BCUT2D eigenvalue weighted by molar-refractivity contribution is 8.76. The van der Waals surface area contributed by atoms with Gasteiger partial charge in [0.2, 0.25) is 5.91 Å². The Kier molecular flexibility index (Phi) is 21.0. The number of piperazine rings is 1. The minimum Gasteiger partial charge on any atom is -0.433 e. The molecule has 0 radical (unpaired) electrons. The first-order valence-corrected chi connectivity index (χ1v) is 27.9. The summed E-state index contributed by atoms with van der Waals surface area (Å²) in [6, 6.07) is 20.0. The van der Waals surface area contributed by atoms with Crippen LogP contribution in [0.3, 0.4) is 0 Å². The van der Waals surface area contributed by atoms with Crippen molar-refractivity contribution in [1.82, 2.24) is 29.7 Å². The molecule has 21 nitrogen and oxygen atoms in total. The van der Waals surface area contributed by atoms with Gasteiger partial charge in [0.1, 0.15) is 50.1 Å². The number of rotatable bonds is 24. The topological polar surface area (TPSA) is 270 Å². The first kappa shape index (κ1) is 57.5. The molecule has 1 amide bonds. The number of hydrogen-bond donors (Lipinski definition) is 3. The molecule has 4 heterocycles. The number of aliphatic hydroxyl groups is 1. The minimum absolute atomic E-state index is 0.0113. The third kappa shape index (κ3) is 16.9. The fourth-order valence-corrected chi connectivity index (χ4v) is 11.4.